The first kappa shape index (κ1) is 17.0. The number of carbonyl (C=O) groups is 1. The molecule has 0 bridgehead atoms. The molecule has 1 saturated carbocycles. The quantitative estimate of drug-likeness (QED) is 0.878. The van der Waals surface area contributed by atoms with Crippen LogP contribution in [0.5, 0.6) is 0 Å². The summed E-state index contributed by atoms with van der Waals surface area (Å²) in [7, 11) is 0. The molecule has 1 aliphatic carbocycles. The Morgan fingerprint density at radius 1 is 1.20 bits per heavy atom. The summed E-state index contributed by atoms with van der Waals surface area (Å²) in [5, 5.41) is 3.17. The third kappa shape index (κ3) is 5.14. The smallest absolute Gasteiger partial charge is 0.220 e. The van der Waals surface area contributed by atoms with E-state index in [9.17, 15) is 4.79 Å². The molecule has 3 N–H and O–H groups in total. The van der Waals surface area contributed by atoms with E-state index in [1.54, 1.807) is 0 Å². The third-order valence-electron chi connectivity index (χ3n) is 4.04. The second-order valence-electron chi connectivity index (χ2n) is 5.44. The molecule has 3 nitrogen and oxygen atoms in total. The van der Waals surface area contributed by atoms with Crippen molar-refractivity contribution in [2.75, 3.05) is 6.54 Å². The maximum Gasteiger partial charge on any atom is 0.220 e. The monoisotopic (exact) mass is 296 g/mol. The van der Waals surface area contributed by atoms with Crippen molar-refractivity contribution in [2.45, 2.75) is 44.6 Å². The van der Waals surface area contributed by atoms with Crippen LogP contribution in [0.2, 0.25) is 0 Å². The van der Waals surface area contributed by atoms with E-state index in [1.165, 1.54) is 18.4 Å². The first-order chi connectivity index (χ1) is 9.29. The number of rotatable bonds is 5. The normalized spacial score (nSPS) is 21.9. The molecular formula is C16H25ClN2O. The van der Waals surface area contributed by atoms with Crippen molar-refractivity contribution in [3.8, 4) is 0 Å². The predicted octanol–water partition coefficient (Wildman–Crippen LogP) is 2.67. The number of nitrogens with one attached hydrogen (secondary N) is 1. The molecule has 0 spiro atoms. The van der Waals surface area contributed by atoms with Gasteiger partial charge < -0.3 is 11.1 Å². The van der Waals surface area contributed by atoms with Crippen LogP contribution in [0.1, 0.15) is 37.7 Å². The van der Waals surface area contributed by atoms with Crippen LogP contribution in [0.4, 0.5) is 0 Å². The molecule has 1 aliphatic rings. The van der Waals surface area contributed by atoms with Crippen molar-refractivity contribution in [2.24, 2.45) is 11.7 Å². The topological polar surface area (TPSA) is 55.1 Å². The maximum absolute atomic E-state index is 12.0. The molecule has 0 radical (unpaired) electrons. The number of benzene rings is 1. The van der Waals surface area contributed by atoms with Gasteiger partial charge in [0.25, 0.3) is 0 Å². The van der Waals surface area contributed by atoms with Crippen LogP contribution in [0, 0.1) is 5.92 Å². The van der Waals surface area contributed by atoms with E-state index in [0.29, 0.717) is 24.9 Å². The van der Waals surface area contributed by atoms with Crippen molar-refractivity contribution < 1.29 is 4.79 Å². The van der Waals surface area contributed by atoms with Gasteiger partial charge in [-0.3, -0.25) is 4.79 Å². The Morgan fingerprint density at radius 3 is 2.60 bits per heavy atom. The lowest BCUT2D eigenvalue weighted by Gasteiger charge is -2.31. The van der Waals surface area contributed by atoms with Gasteiger partial charge in [-0.15, -0.1) is 12.4 Å². The van der Waals surface area contributed by atoms with Gasteiger partial charge in [-0.25, -0.2) is 0 Å². The summed E-state index contributed by atoms with van der Waals surface area (Å²) >= 11 is 0. The first-order valence-electron chi connectivity index (χ1n) is 7.33. The van der Waals surface area contributed by atoms with Crippen LogP contribution in [0.3, 0.4) is 0 Å². The molecular weight excluding hydrogens is 272 g/mol. The number of halogens is 1. The van der Waals surface area contributed by atoms with Crippen LogP contribution in [-0.4, -0.2) is 18.5 Å². The highest BCUT2D eigenvalue weighted by molar-refractivity contribution is 5.85. The van der Waals surface area contributed by atoms with Gasteiger partial charge in [0.05, 0.1) is 0 Å². The summed E-state index contributed by atoms with van der Waals surface area (Å²) in [4.78, 5) is 12.0. The molecule has 2 atom stereocenters. The fourth-order valence-corrected chi connectivity index (χ4v) is 2.86. The molecule has 0 heterocycles. The van der Waals surface area contributed by atoms with Crippen molar-refractivity contribution >= 4 is 18.3 Å². The first-order valence-corrected chi connectivity index (χ1v) is 7.33. The van der Waals surface area contributed by atoms with Crippen LogP contribution < -0.4 is 11.1 Å². The van der Waals surface area contributed by atoms with E-state index in [0.717, 1.165) is 19.3 Å². The SMILES string of the molecule is Cl.NCC1CCCCC1NC(=O)CCc1ccccc1. The van der Waals surface area contributed by atoms with Gasteiger partial charge in [-0.2, -0.15) is 0 Å². The number of hydrogen-bond acceptors (Lipinski definition) is 2. The maximum atomic E-state index is 12.0. The number of amides is 1. The van der Waals surface area contributed by atoms with Gasteiger partial charge in [0.1, 0.15) is 0 Å². The lowest BCUT2D eigenvalue weighted by molar-refractivity contribution is -0.122. The average molecular weight is 297 g/mol. The van der Waals surface area contributed by atoms with Crippen molar-refractivity contribution in [3.05, 3.63) is 35.9 Å². The largest absolute Gasteiger partial charge is 0.353 e. The molecule has 1 aromatic rings. The van der Waals surface area contributed by atoms with Crippen LogP contribution >= 0.6 is 12.4 Å². The Morgan fingerprint density at radius 2 is 1.90 bits per heavy atom. The van der Waals surface area contributed by atoms with Gasteiger partial charge in [-0.1, -0.05) is 43.2 Å². The lowest BCUT2D eigenvalue weighted by atomic mass is 9.84. The molecule has 1 aromatic carbocycles. The van der Waals surface area contributed by atoms with Crippen molar-refractivity contribution in [1.29, 1.82) is 0 Å². The highest BCUT2D eigenvalue weighted by Gasteiger charge is 2.24. The number of aryl methyl sites for hydroxylation is 1. The van der Waals surface area contributed by atoms with E-state index in [4.69, 9.17) is 5.73 Å². The zero-order valence-electron chi connectivity index (χ0n) is 11.9. The Hall–Kier alpha value is -1.06. The fourth-order valence-electron chi connectivity index (χ4n) is 2.86. The van der Waals surface area contributed by atoms with E-state index in [1.807, 2.05) is 18.2 Å². The van der Waals surface area contributed by atoms with Gasteiger partial charge in [-0.05, 0) is 37.3 Å². The van der Waals surface area contributed by atoms with Crippen LogP contribution in [0.25, 0.3) is 0 Å². The van der Waals surface area contributed by atoms with Gasteiger partial charge >= 0.3 is 0 Å². The molecule has 20 heavy (non-hydrogen) atoms. The summed E-state index contributed by atoms with van der Waals surface area (Å²) in [5.41, 5.74) is 7.00. The van der Waals surface area contributed by atoms with E-state index >= 15 is 0 Å². The molecule has 1 amide bonds. The van der Waals surface area contributed by atoms with Crippen LogP contribution in [0.15, 0.2) is 30.3 Å². The minimum atomic E-state index is 0. The Balaban J connectivity index is 0.00000200. The van der Waals surface area contributed by atoms with E-state index in [2.05, 4.69) is 17.4 Å². The Bertz CT molecular complexity index is 397. The minimum absolute atomic E-state index is 0. The molecule has 1 fully saturated rings. The summed E-state index contributed by atoms with van der Waals surface area (Å²) < 4.78 is 0. The van der Waals surface area contributed by atoms with Gasteiger partial charge in [0.15, 0.2) is 0 Å². The third-order valence-corrected chi connectivity index (χ3v) is 4.04. The molecule has 0 aliphatic heterocycles. The van der Waals surface area contributed by atoms with E-state index < -0.39 is 0 Å². The second-order valence-corrected chi connectivity index (χ2v) is 5.44. The summed E-state index contributed by atoms with van der Waals surface area (Å²) in [5.74, 6) is 0.628. The highest BCUT2D eigenvalue weighted by Crippen LogP contribution is 2.23. The zero-order valence-corrected chi connectivity index (χ0v) is 12.7. The molecule has 0 saturated heterocycles. The average Bonchev–Trinajstić information content (AvgIpc) is 2.47. The summed E-state index contributed by atoms with van der Waals surface area (Å²) in [6, 6.07) is 10.4. The standard InChI is InChI=1S/C16H24N2O.ClH/c17-12-14-8-4-5-9-15(14)18-16(19)11-10-13-6-2-1-3-7-13;/h1-3,6-7,14-15H,4-5,8-12,17H2,(H,18,19);1H. The highest BCUT2D eigenvalue weighted by atomic mass is 35.5. The molecule has 2 unspecified atom stereocenters. The molecule has 2 rings (SSSR count). The van der Waals surface area contributed by atoms with Crippen molar-refractivity contribution in [3.63, 3.8) is 0 Å². The number of nitrogens with two attached hydrogens (primary N) is 1. The molecule has 112 valence electrons. The van der Waals surface area contributed by atoms with Crippen LogP contribution in [-0.2, 0) is 11.2 Å². The van der Waals surface area contributed by atoms with Gasteiger partial charge in [0, 0.05) is 12.5 Å². The van der Waals surface area contributed by atoms with Crippen molar-refractivity contribution in [1.82, 2.24) is 5.32 Å². The summed E-state index contributed by atoms with van der Waals surface area (Å²) in [6.07, 6.45) is 6.07. The summed E-state index contributed by atoms with van der Waals surface area (Å²) in [6.45, 7) is 0.684. The predicted molar refractivity (Wildman–Crippen MR) is 85.0 cm³/mol. The fraction of sp³-hybridized carbons (Fsp3) is 0.562. The van der Waals surface area contributed by atoms with Gasteiger partial charge in [0.2, 0.25) is 5.91 Å². The molecule has 0 aromatic heterocycles. The molecule has 4 heteroatoms. The Labute approximate surface area is 127 Å². The second kappa shape index (κ2) is 8.98. The Kier molecular flexibility index (Phi) is 7.63. The zero-order chi connectivity index (χ0) is 13.5. The minimum Gasteiger partial charge on any atom is -0.353 e. The van der Waals surface area contributed by atoms with E-state index in [-0.39, 0.29) is 18.3 Å². The lowest BCUT2D eigenvalue weighted by Crippen LogP contribution is -2.44. The number of carbonyl (C=O) groups excluding carboxylic acids is 1. The number of hydrogen-bond donors (Lipinski definition) is 2.